The van der Waals surface area contributed by atoms with E-state index in [4.69, 9.17) is 4.74 Å². The van der Waals surface area contributed by atoms with Crippen molar-refractivity contribution in [3.8, 4) is 5.75 Å². The summed E-state index contributed by atoms with van der Waals surface area (Å²) in [6.07, 6.45) is 3.42. The fourth-order valence-corrected chi connectivity index (χ4v) is 1.82. The van der Waals surface area contributed by atoms with Crippen LogP contribution in [0.4, 0.5) is 0 Å². The Morgan fingerprint density at radius 2 is 1.89 bits per heavy atom. The summed E-state index contributed by atoms with van der Waals surface area (Å²) in [5.74, 6) is 0.662. The average Bonchev–Trinajstić information content (AvgIpc) is 2.45. The fourth-order valence-electron chi connectivity index (χ4n) is 1.82. The molecule has 0 aliphatic rings. The number of hydrogen-bond donors (Lipinski definition) is 0. The van der Waals surface area contributed by atoms with Crippen LogP contribution in [-0.4, -0.2) is 12.9 Å². The summed E-state index contributed by atoms with van der Waals surface area (Å²) in [4.78, 5) is 12.0. The van der Waals surface area contributed by atoms with Gasteiger partial charge in [0.25, 0.3) is 0 Å². The van der Waals surface area contributed by atoms with Gasteiger partial charge in [-0.3, -0.25) is 4.79 Å². The zero-order valence-corrected chi connectivity index (χ0v) is 11.1. The molecule has 0 amide bonds. The lowest BCUT2D eigenvalue weighted by Crippen LogP contribution is -1.94. The third kappa shape index (κ3) is 3.55. The van der Waals surface area contributed by atoms with E-state index in [0.29, 0.717) is 11.3 Å². The molecule has 0 bridgehead atoms. The first kappa shape index (κ1) is 13.1. The minimum Gasteiger partial charge on any atom is -0.497 e. The Kier molecular flexibility index (Phi) is 4.14. The predicted octanol–water partition coefficient (Wildman–Crippen LogP) is 3.90. The summed E-state index contributed by atoms with van der Waals surface area (Å²) in [7, 11) is 1.59. The van der Waals surface area contributed by atoms with Crippen LogP contribution in [0.1, 0.15) is 21.5 Å². The van der Waals surface area contributed by atoms with E-state index in [-0.39, 0.29) is 5.78 Å². The molecule has 2 rings (SSSR count). The highest BCUT2D eigenvalue weighted by molar-refractivity contribution is 6.07. The second-order valence-electron chi connectivity index (χ2n) is 4.34. The third-order valence-corrected chi connectivity index (χ3v) is 2.82. The minimum absolute atomic E-state index is 0.0274. The largest absolute Gasteiger partial charge is 0.497 e. The highest BCUT2D eigenvalue weighted by Gasteiger charge is 2.02. The van der Waals surface area contributed by atoms with Crippen LogP contribution in [0.5, 0.6) is 5.75 Å². The summed E-state index contributed by atoms with van der Waals surface area (Å²) in [6.45, 7) is 2.03. The maximum atomic E-state index is 12.0. The molecule has 19 heavy (non-hydrogen) atoms. The molecule has 0 unspecified atom stereocenters. The van der Waals surface area contributed by atoms with E-state index >= 15 is 0 Å². The lowest BCUT2D eigenvalue weighted by atomic mass is 10.1. The maximum Gasteiger partial charge on any atom is 0.185 e. The van der Waals surface area contributed by atoms with Crippen molar-refractivity contribution in [2.45, 2.75) is 6.92 Å². The number of carbonyl (C=O) groups excluding carboxylic acids is 1. The van der Waals surface area contributed by atoms with Gasteiger partial charge in [0.2, 0.25) is 0 Å². The van der Waals surface area contributed by atoms with E-state index in [1.165, 1.54) is 5.56 Å². The summed E-state index contributed by atoms with van der Waals surface area (Å²) >= 11 is 0. The molecule has 0 aliphatic carbocycles. The molecule has 0 atom stereocenters. The maximum absolute atomic E-state index is 12.0. The van der Waals surface area contributed by atoms with Gasteiger partial charge >= 0.3 is 0 Å². The van der Waals surface area contributed by atoms with Gasteiger partial charge in [-0.15, -0.1) is 0 Å². The molecule has 0 aliphatic heterocycles. The topological polar surface area (TPSA) is 26.3 Å². The Morgan fingerprint density at radius 1 is 1.11 bits per heavy atom. The predicted molar refractivity (Wildman–Crippen MR) is 77.5 cm³/mol. The molecule has 2 aromatic carbocycles. The zero-order valence-electron chi connectivity index (χ0n) is 11.1. The third-order valence-electron chi connectivity index (χ3n) is 2.82. The number of ketones is 1. The Labute approximate surface area is 113 Å². The number of aryl methyl sites for hydroxylation is 1. The van der Waals surface area contributed by atoms with Gasteiger partial charge in [-0.25, -0.2) is 0 Å². The van der Waals surface area contributed by atoms with Crippen molar-refractivity contribution in [2.75, 3.05) is 7.11 Å². The number of carbonyl (C=O) groups is 1. The highest BCUT2D eigenvalue weighted by Crippen LogP contribution is 2.14. The van der Waals surface area contributed by atoms with Gasteiger partial charge in [0, 0.05) is 5.56 Å². The van der Waals surface area contributed by atoms with E-state index < -0.39 is 0 Å². The highest BCUT2D eigenvalue weighted by atomic mass is 16.5. The standard InChI is InChI=1S/C17H16O2/c1-13-5-3-6-14(11-13)9-10-17(18)15-7-4-8-16(12-15)19-2/h3-12H,1-2H3. The van der Waals surface area contributed by atoms with Crippen LogP contribution in [0.2, 0.25) is 0 Å². The average molecular weight is 252 g/mol. The molecule has 0 heterocycles. The monoisotopic (exact) mass is 252 g/mol. The van der Waals surface area contributed by atoms with Gasteiger partial charge < -0.3 is 4.74 Å². The van der Waals surface area contributed by atoms with Crippen LogP contribution in [-0.2, 0) is 0 Å². The van der Waals surface area contributed by atoms with Gasteiger partial charge in [0.15, 0.2) is 5.78 Å². The molecular formula is C17H16O2. The van der Waals surface area contributed by atoms with Crippen molar-refractivity contribution >= 4 is 11.9 Å². The molecule has 2 aromatic rings. The number of ether oxygens (including phenoxy) is 1. The van der Waals surface area contributed by atoms with E-state index in [1.807, 2.05) is 49.4 Å². The summed E-state index contributed by atoms with van der Waals surface area (Å²) in [6, 6.07) is 15.2. The van der Waals surface area contributed by atoms with Crippen LogP contribution in [0.3, 0.4) is 0 Å². The Morgan fingerprint density at radius 3 is 2.63 bits per heavy atom. The number of allylic oxidation sites excluding steroid dienone is 1. The van der Waals surface area contributed by atoms with Crippen molar-refractivity contribution in [3.05, 3.63) is 71.3 Å². The summed E-state index contributed by atoms with van der Waals surface area (Å²) in [5.41, 5.74) is 2.83. The molecule has 2 nitrogen and oxygen atoms in total. The van der Waals surface area contributed by atoms with Crippen LogP contribution >= 0.6 is 0 Å². The zero-order chi connectivity index (χ0) is 13.7. The van der Waals surface area contributed by atoms with E-state index in [0.717, 1.165) is 5.56 Å². The number of hydrogen-bond acceptors (Lipinski definition) is 2. The molecule has 0 aromatic heterocycles. The minimum atomic E-state index is -0.0274. The van der Waals surface area contributed by atoms with Crippen LogP contribution < -0.4 is 4.74 Å². The normalized spacial score (nSPS) is 10.6. The van der Waals surface area contributed by atoms with Gasteiger partial charge in [0.1, 0.15) is 5.75 Å². The number of benzene rings is 2. The molecule has 96 valence electrons. The molecule has 0 saturated heterocycles. The first-order valence-electron chi connectivity index (χ1n) is 6.12. The van der Waals surface area contributed by atoms with Crippen molar-refractivity contribution in [1.82, 2.24) is 0 Å². The quantitative estimate of drug-likeness (QED) is 0.609. The SMILES string of the molecule is COc1cccc(C(=O)C=Cc2cccc(C)c2)c1. The van der Waals surface area contributed by atoms with Crippen molar-refractivity contribution in [1.29, 1.82) is 0 Å². The van der Waals surface area contributed by atoms with Crippen molar-refractivity contribution < 1.29 is 9.53 Å². The molecule has 2 heteroatoms. The van der Waals surface area contributed by atoms with Crippen molar-refractivity contribution in [3.63, 3.8) is 0 Å². The lowest BCUT2D eigenvalue weighted by molar-refractivity contribution is 0.104. The first-order chi connectivity index (χ1) is 9.19. The number of methoxy groups -OCH3 is 1. The van der Waals surface area contributed by atoms with Gasteiger partial charge in [0.05, 0.1) is 7.11 Å². The lowest BCUT2D eigenvalue weighted by Gasteiger charge is -2.01. The second-order valence-corrected chi connectivity index (χ2v) is 4.34. The summed E-state index contributed by atoms with van der Waals surface area (Å²) < 4.78 is 5.11. The van der Waals surface area contributed by atoms with E-state index in [9.17, 15) is 4.79 Å². The Bertz CT molecular complexity index is 612. The van der Waals surface area contributed by atoms with Crippen molar-refractivity contribution in [2.24, 2.45) is 0 Å². The fraction of sp³-hybridized carbons (Fsp3) is 0.118. The molecule has 0 saturated carbocycles. The first-order valence-corrected chi connectivity index (χ1v) is 6.12. The van der Waals surface area contributed by atoms with Gasteiger partial charge in [-0.2, -0.15) is 0 Å². The smallest absolute Gasteiger partial charge is 0.185 e. The molecule has 0 radical (unpaired) electrons. The van der Waals surface area contributed by atoms with E-state index in [1.54, 1.807) is 25.3 Å². The van der Waals surface area contributed by atoms with Crippen LogP contribution in [0.15, 0.2) is 54.6 Å². The van der Waals surface area contributed by atoms with E-state index in [2.05, 4.69) is 0 Å². The molecule has 0 N–H and O–H groups in total. The Balaban J connectivity index is 2.16. The van der Waals surface area contributed by atoms with Crippen LogP contribution in [0.25, 0.3) is 6.08 Å². The number of rotatable bonds is 4. The van der Waals surface area contributed by atoms with Gasteiger partial charge in [-0.1, -0.05) is 48.0 Å². The molecular weight excluding hydrogens is 236 g/mol. The van der Waals surface area contributed by atoms with Crippen LogP contribution in [0, 0.1) is 6.92 Å². The van der Waals surface area contributed by atoms with Gasteiger partial charge in [-0.05, 0) is 30.7 Å². The second kappa shape index (κ2) is 6.01. The molecule has 0 spiro atoms. The Hall–Kier alpha value is -2.35. The summed E-state index contributed by atoms with van der Waals surface area (Å²) in [5, 5.41) is 0. The molecule has 0 fully saturated rings.